The van der Waals surface area contributed by atoms with Gasteiger partial charge in [-0.2, -0.15) is 5.10 Å². The molecule has 3 rings (SSSR count). The Kier molecular flexibility index (Phi) is 5.35. The molecule has 1 aromatic heterocycles. The highest BCUT2D eigenvalue weighted by molar-refractivity contribution is 7.99. The molecule has 0 radical (unpaired) electrons. The first kappa shape index (κ1) is 16.8. The number of hydrogen-bond donors (Lipinski definition) is 1. The zero-order valence-corrected chi connectivity index (χ0v) is 14.2. The fraction of sp³-hybridized carbons (Fsp3) is 0.333. The Hall–Kier alpha value is -2.08. The molecule has 0 spiro atoms. The second-order valence-corrected chi connectivity index (χ2v) is 7.07. The first-order chi connectivity index (χ1) is 11.6. The molecule has 4 nitrogen and oxygen atoms in total. The van der Waals surface area contributed by atoms with Crippen LogP contribution in [-0.4, -0.2) is 17.9 Å². The number of nitrogens with zero attached hydrogens (tertiary/aromatic N) is 1. The van der Waals surface area contributed by atoms with Gasteiger partial charge in [0.05, 0.1) is 6.21 Å². The lowest BCUT2D eigenvalue weighted by atomic mass is 10.3. The van der Waals surface area contributed by atoms with E-state index >= 15 is 0 Å². The molecule has 0 unspecified atom stereocenters. The predicted octanol–water partition coefficient (Wildman–Crippen LogP) is 4.17. The van der Waals surface area contributed by atoms with Gasteiger partial charge in [0, 0.05) is 23.0 Å². The minimum atomic E-state index is -0.261. The summed E-state index contributed by atoms with van der Waals surface area (Å²) < 4.78 is 18.5. The molecular formula is C18H19FN2O2S. The first-order valence-electron chi connectivity index (χ1n) is 7.92. The largest absolute Gasteiger partial charge is 0.460 e. The molecule has 126 valence electrons. The molecule has 1 amide bonds. The average Bonchev–Trinajstić information content (AvgIpc) is 3.11. The van der Waals surface area contributed by atoms with Crippen molar-refractivity contribution in [3.05, 3.63) is 53.7 Å². The van der Waals surface area contributed by atoms with Crippen LogP contribution < -0.4 is 5.43 Å². The summed E-state index contributed by atoms with van der Waals surface area (Å²) in [7, 11) is 0. The van der Waals surface area contributed by atoms with Crippen molar-refractivity contribution >= 4 is 23.9 Å². The lowest BCUT2D eigenvalue weighted by molar-refractivity contribution is -0.120. The van der Waals surface area contributed by atoms with Crippen molar-refractivity contribution in [1.82, 2.24) is 5.43 Å². The van der Waals surface area contributed by atoms with E-state index in [1.807, 2.05) is 12.1 Å². The third-order valence-corrected chi connectivity index (χ3v) is 4.93. The van der Waals surface area contributed by atoms with Crippen LogP contribution in [-0.2, 0) is 4.79 Å². The molecule has 2 aromatic rings. The molecule has 0 saturated heterocycles. The summed E-state index contributed by atoms with van der Waals surface area (Å²) in [5.41, 5.74) is 2.49. The van der Waals surface area contributed by atoms with Gasteiger partial charge in [-0.1, -0.05) is 6.92 Å². The minimum absolute atomic E-state index is 0.163. The van der Waals surface area contributed by atoms with Crippen molar-refractivity contribution in [2.75, 3.05) is 5.75 Å². The Labute approximate surface area is 144 Å². The molecule has 1 saturated carbocycles. The molecule has 2 atom stereocenters. The van der Waals surface area contributed by atoms with Crippen LogP contribution in [0, 0.1) is 11.7 Å². The van der Waals surface area contributed by atoms with Gasteiger partial charge in [-0.3, -0.25) is 4.79 Å². The molecule has 1 heterocycles. The highest BCUT2D eigenvalue weighted by Gasteiger charge is 2.36. The number of hydrazone groups is 1. The number of nitrogens with one attached hydrogen (secondary N) is 1. The van der Waals surface area contributed by atoms with Gasteiger partial charge in [-0.15, -0.1) is 11.8 Å². The van der Waals surface area contributed by atoms with E-state index in [1.165, 1.54) is 36.5 Å². The van der Waals surface area contributed by atoms with E-state index in [4.69, 9.17) is 4.42 Å². The summed E-state index contributed by atoms with van der Waals surface area (Å²) in [6, 6.07) is 10.0. The second kappa shape index (κ2) is 7.66. The second-order valence-electron chi connectivity index (χ2n) is 5.91. The van der Waals surface area contributed by atoms with Gasteiger partial charge < -0.3 is 4.42 Å². The number of thioether (sulfide) groups is 1. The van der Waals surface area contributed by atoms with E-state index < -0.39 is 0 Å². The van der Waals surface area contributed by atoms with Crippen LogP contribution in [0.2, 0.25) is 0 Å². The van der Waals surface area contributed by atoms with Crippen molar-refractivity contribution < 1.29 is 13.6 Å². The average molecular weight is 346 g/mol. The Morgan fingerprint density at radius 1 is 1.38 bits per heavy atom. The first-order valence-corrected chi connectivity index (χ1v) is 8.90. The van der Waals surface area contributed by atoms with Crippen LogP contribution in [0.25, 0.3) is 0 Å². The maximum Gasteiger partial charge on any atom is 0.240 e. The molecule has 1 aromatic carbocycles. The van der Waals surface area contributed by atoms with Gasteiger partial charge in [-0.05, 0) is 48.7 Å². The number of carbonyl (C=O) groups is 1. The van der Waals surface area contributed by atoms with Crippen LogP contribution in [0.5, 0.6) is 0 Å². The van der Waals surface area contributed by atoms with E-state index in [0.717, 1.165) is 10.7 Å². The fourth-order valence-corrected chi connectivity index (χ4v) is 3.22. The summed E-state index contributed by atoms with van der Waals surface area (Å²) in [4.78, 5) is 12.7. The number of furan rings is 1. The van der Waals surface area contributed by atoms with E-state index in [-0.39, 0.29) is 11.7 Å². The molecule has 0 bridgehead atoms. The van der Waals surface area contributed by atoms with E-state index in [9.17, 15) is 9.18 Å². The summed E-state index contributed by atoms with van der Waals surface area (Å²) in [6.07, 6.45) is 3.02. The number of carbonyl (C=O) groups excluding carboxylic acids is 1. The third-order valence-electron chi connectivity index (χ3n) is 3.92. The zero-order chi connectivity index (χ0) is 16.9. The smallest absolute Gasteiger partial charge is 0.240 e. The quantitative estimate of drug-likeness (QED) is 0.465. The lowest BCUT2D eigenvalue weighted by Crippen LogP contribution is -2.17. The van der Waals surface area contributed by atoms with Gasteiger partial charge >= 0.3 is 0 Å². The van der Waals surface area contributed by atoms with Gasteiger partial charge in [0.25, 0.3) is 0 Å². The highest BCUT2D eigenvalue weighted by Crippen LogP contribution is 2.47. The number of benzene rings is 1. The van der Waals surface area contributed by atoms with Crippen molar-refractivity contribution in [3.8, 4) is 0 Å². The van der Waals surface area contributed by atoms with Crippen molar-refractivity contribution in [1.29, 1.82) is 0 Å². The Bertz CT molecular complexity index is 727. The minimum Gasteiger partial charge on any atom is -0.460 e. The monoisotopic (exact) mass is 346 g/mol. The molecule has 1 aliphatic rings. The lowest BCUT2D eigenvalue weighted by Gasteiger charge is -2.01. The van der Waals surface area contributed by atoms with Gasteiger partial charge in [0.2, 0.25) is 5.91 Å². The third kappa shape index (κ3) is 4.71. The molecule has 6 heteroatoms. The van der Waals surface area contributed by atoms with E-state index in [1.54, 1.807) is 12.1 Å². The van der Waals surface area contributed by atoms with Gasteiger partial charge in [-0.25, -0.2) is 9.82 Å². The summed E-state index contributed by atoms with van der Waals surface area (Å²) in [6.45, 7) is 2.20. The van der Waals surface area contributed by atoms with Crippen molar-refractivity contribution in [2.45, 2.75) is 30.6 Å². The van der Waals surface area contributed by atoms with E-state index in [2.05, 4.69) is 17.5 Å². The molecule has 1 aliphatic carbocycles. The van der Waals surface area contributed by atoms with Crippen LogP contribution in [0.4, 0.5) is 4.39 Å². The SMILES string of the molecule is C[C@H]1C[C@@H]1c1ccc(/C=N\NC(=O)CCSc2ccc(F)cc2)o1. The molecule has 0 aliphatic heterocycles. The number of amides is 1. The Morgan fingerprint density at radius 3 is 2.83 bits per heavy atom. The standard InChI is InChI=1S/C18H19FN2O2S/c1-12-10-16(12)17-7-4-14(23-17)11-20-21-18(22)8-9-24-15-5-2-13(19)3-6-15/h2-7,11-12,16H,8-10H2,1H3,(H,21,22)/b20-11-/t12-,16-/m0/s1. The summed E-state index contributed by atoms with van der Waals surface area (Å²) in [5.74, 6) is 3.05. The fourth-order valence-electron chi connectivity index (χ4n) is 2.37. The normalized spacial score (nSPS) is 19.6. The van der Waals surface area contributed by atoms with Gasteiger partial charge in [0.1, 0.15) is 17.3 Å². The zero-order valence-electron chi connectivity index (χ0n) is 13.4. The van der Waals surface area contributed by atoms with Crippen LogP contribution in [0.15, 0.2) is 50.8 Å². The van der Waals surface area contributed by atoms with Crippen molar-refractivity contribution in [2.24, 2.45) is 11.0 Å². The number of hydrogen-bond acceptors (Lipinski definition) is 4. The molecule has 1 fully saturated rings. The van der Waals surface area contributed by atoms with Crippen LogP contribution >= 0.6 is 11.8 Å². The Balaban J connectivity index is 1.37. The van der Waals surface area contributed by atoms with Gasteiger partial charge in [0.15, 0.2) is 0 Å². The number of halogens is 1. The summed E-state index contributed by atoms with van der Waals surface area (Å²) >= 11 is 1.50. The van der Waals surface area contributed by atoms with Crippen molar-refractivity contribution in [3.63, 3.8) is 0 Å². The summed E-state index contributed by atoms with van der Waals surface area (Å²) in [5, 5.41) is 3.91. The molecule has 24 heavy (non-hydrogen) atoms. The molecular weight excluding hydrogens is 327 g/mol. The highest BCUT2D eigenvalue weighted by atomic mass is 32.2. The van der Waals surface area contributed by atoms with Crippen LogP contribution in [0.1, 0.15) is 37.2 Å². The topological polar surface area (TPSA) is 54.6 Å². The van der Waals surface area contributed by atoms with Crippen LogP contribution in [0.3, 0.4) is 0 Å². The predicted molar refractivity (Wildman–Crippen MR) is 92.7 cm³/mol. The molecule has 1 N–H and O–H groups in total. The van der Waals surface area contributed by atoms with E-state index in [0.29, 0.717) is 29.8 Å². The number of rotatable bonds is 7. The maximum absolute atomic E-state index is 12.8. The maximum atomic E-state index is 12.8. The Morgan fingerprint density at radius 2 is 2.12 bits per heavy atom.